The highest BCUT2D eigenvalue weighted by Crippen LogP contribution is 2.54. The molecule has 1 N–H and O–H groups in total. The molecular weight excluding hydrogens is 548 g/mol. The van der Waals surface area contributed by atoms with E-state index < -0.39 is 17.4 Å². The lowest BCUT2D eigenvalue weighted by Crippen LogP contribution is -2.54. The molecule has 1 amide bonds. The van der Waals surface area contributed by atoms with E-state index in [0.717, 1.165) is 5.56 Å². The van der Waals surface area contributed by atoms with Gasteiger partial charge < -0.3 is 24.2 Å². The van der Waals surface area contributed by atoms with Crippen LogP contribution in [-0.4, -0.2) is 65.6 Å². The molecule has 0 fully saturated rings. The van der Waals surface area contributed by atoms with Gasteiger partial charge in [-0.2, -0.15) is 0 Å². The smallest absolute Gasteiger partial charge is 0.354 e. The van der Waals surface area contributed by atoms with Gasteiger partial charge >= 0.3 is 5.97 Å². The quantitative estimate of drug-likeness (QED) is 0.435. The van der Waals surface area contributed by atoms with Gasteiger partial charge in [0.05, 0.1) is 30.9 Å². The van der Waals surface area contributed by atoms with E-state index in [-0.39, 0.29) is 22.8 Å². The molecule has 1 unspecified atom stereocenters. The average Bonchev–Trinajstić information content (AvgIpc) is 2.91. The second-order valence-corrected chi connectivity index (χ2v) is 13.1. The number of ketones is 1. The zero-order valence-corrected chi connectivity index (χ0v) is 26.2. The maximum absolute atomic E-state index is 14.5. The van der Waals surface area contributed by atoms with Crippen LogP contribution in [0.3, 0.4) is 0 Å². The molecule has 3 heterocycles. The number of carbonyl (C=O) groups is 3. The van der Waals surface area contributed by atoms with Gasteiger partial charge in [-0.15, -0.1) is 0 Å². The Labute approximate surface area is 252 Å². The Kier molecular flexibility index (Phi) is 7.75. The number of aryl methyl sites for hydroxylation is 1. The highest BCUT2D eigenvalue weighted by molar-refractivity contribution is 6.06. The molecule has 9 heteroatoms. The molecule has 1 aliphatic carbocycles. The van der Waals surface area contributed by atoms with Gasteiger partial charge in [0.2, 0.25) is 0 Å². The Morgan fingerprint density at radius 1 is 1.02 bits per heavy atom. The van der Waals surface area contributed by atoms with Crippen molar-refractivity contribution >= 4 is 17.7 Å². The highest BCUT2D eigenvalue weighted by Gasteiger charge is 2.51. The molecule has 0 bridgehead atoms. The lowest BCUT2D eigenvalue weighted by molar-refractivity contribution is -0.136. The first-order valence-electron chi connectivity index (χ1n) is 14.6. The van der Waals surface area contributed by atoms with Gasteiger partial charge in [0, 0.05) is 55.2 Å². The van der Waals surface area contributed by atoms with Crippen molar-refractivity contribution in [1.29, 1.82) is 0 Å². The summed E-state index contributed by atoms with van der Waals surface area (Å²) in [5.74, 6) is -0.393. The maximum Gasteiger partial charge on any atom is 0.354 e. The Morgan fingerprint density at radius 2 is 1.72 bits per heavy atom. The van der Waals surface area contributed by atoms with Crippen molar-refractivity contribution in [1.82, 2.24) is 9.88 Å². The minimum absolute atomic E-state index is 0.0292. The normalized spacial score (nSPS) is 20.9. The second kappa shape index (κ2) is 10.9. The first-order valence-corrected chi connectivity index (χ1v) is 14.6. The predicted molar refractivity (Wildman–Crippen MR) is 161 cm³/mol. The van der Waals surface area contributed by atoms with Crippen LogP contribution < -0.4 is 4.74 Å². The Bertz CT molecular complexity index is 1600. The average molecular weight is 589 g/mol. The standard InChI is InChI=1S/C34H40N2O7/c1-18-9-11-21(35-30(18)32(39)40)20-10-12-23(42-8)26(19(20)2)29-27-22(37)15-33(3,4)16-24(27)43-25-17-34(5,6)36(13-14-41-7)31(38)28(25)29/h9-12,29H,13-17H2,1-8H3,(H,39,40). The van der Waals surface area contributed by atoms with Crippen LogP contribution >= 0.6 is 0 Å². The van der Waals surface area contributed by atoms with Gasteiger partial charge in [-0.05, 0) is 62.4 Å². The van der Waals surface area contributed by atoms with E-state index in [0.29, 0.717) is 83.2 Å². The Hall–Kier alpha value is -3.98. The lowest BCUT2D eigenvalue weighted by atomic mass is 9.67. The van der Waals surface area contributed by atoms with Gasteiger partial charge in [0.1, 0.15) is 17.3 Å². The van der Waals surface area contributed by atoms with Crippen molar-refractivity contribution in [3.63, 3.8) is 0 Å². The molecule has 0 spiro atoms. The van der Waals surface area contributed by atoms with Crippen LogP contribution in [0.25, 0.3) is 11.3 Å². The van der Waals surface area contributed by atoms with Crippen molar-refractivity contribution < 1.29 is 33.7 Å². The first kappa shape index (κ1) is 30.5. The van der Waals surface area contributed by atoms with E-state index in [9.17, 15) is 19.5 Å². The number of carboxylic acids is 1. The van der Waals surface area contributed by atoms with Crippen LogP contribution in [0.15, 0.2) is 46.9 Å². The number of benzene rings is 1. The highest BCUT2D eigenvalue weighted by atomic mass is 16.5. The van der Waals surface area contributed by atoms with E-state index in [1.165, 1.54) is 0 Å². The van der Waals surface area contributed by atoms with E-state index in [2.05, 4.69) is 18.8 Å². The van der Waals surface area contributed by atoms with E-state index >= 15 is 0 Å². The minimum Gasteiger partial charge on any atom is -0.496 e. The number of hydrogen-bond acceptors (Lipinski definition) is 7. The number of ether oxygens (including phenoxy) is 3. The zero-order valence-electron chi connectivity index (χ0n) is 26.2. The van der Waals surface area contributed by atoms with Gasteiger partial charge in [-0.25, -0.2) is 9.78 Å². The van der Waals surface area contributed by atoms with Crippen molar-refractivity contribution in [3.05, 3.63) is 69.3 Å². The topological polar surface area (TPSA) is 115 Å². The largest absolute Gasteiger partial charge is 0.496 e. The van der Waals surface area contributed by atoms with Crippen LogP contribution in [0.4, 0.5) is 0 Å². The van der Waals surface area contributed by atoms with Crippen molar-refractivity contribution in [2.75, 3.05) is 27.4 Å². The second-order valence-electron chi connectivity index (χ2n) is 13.1. The molecule has 43 heavy (non-hydrogen) atoms. The number of carboxylic acid groups (broad SMARTS) is 1. The SMILES string of the molecule is COCCN1C(=O)C2=C(CC1(C)C)OC1=C(C(=O)CC(C)(C)C1)C2c1c(OC)ccc(-c2ccc(C)c(C(=O)O)n2)c1C. The number of rotatable bonds is 7. The summed E-state index contributed by atoms with van der Waals surface area (Å²) in [6.45, 7) is 12.5. The summed E-state index contributed by atoms with van der Waals surface area (Å²) in [5, 5.41) is 9.74. The molecule has 1 atom stereocenters. The Balaban J connectivity index is 1.79. The molecule has 2 aliphatic heterocycles. The number of aromatic nitrogens is 1. The first-order chi connectivity index (χ1) is 20.2. The fraction of sp³-hybridized carbons (Fsp3) is 0.471. The summed E-state index contributed by atoms with van der Waals surface area (Å²) in [5.41, 5.74) is 3.21. The fourth-order valence-electron chi connectivity index (χ4n) is 6.77. The van der Waals surface area contributed by atoms with Crippen LogP contribution in [0.5, 0.6) is 5.75 Å². The molecule has 5 rings (SSSR count). The summed E-state index contributed by atoms with van der Waals surface area (Å²) in [4.78, 5) is 46.7. The molecule has 3 aliphatic rings. The van der Waals surface area contributed by atoms with E-state index in [4.69, 9.17) is 14.2 Å². The summed E-state index contributed by atoms with van der Waals surface area (Å²) >= 11 is 0. The molecular formula is C34H40N2O7. The van der Waals surface area contributed by atoms with Crippen molar-refractivity contribution in [2.45, 2.75) is 72.3 Å². The molecule has 0 saturated carbocycles. The number of allylic oxidation sites excluding steroid dienone is 2. The lowest BCUT2D eigenvalue weighted by Gasteiger charge is -2.48. The third kappa shape index (κ3) is 5.24. The summed E-state index contributed by atoms with van der Waals surface area (Å²) in [6.07, 6.45) is 1.36. The van der Waals surface area contributed by atoms with Crippen LogP contribution in [0.2, 0.25) is 0 Å². The number of nitrogens with zero attached hydrogens (tertiary/aromatic N) is 2. The fourth-order valence-corrected chi connectivity index (χ4v) is 6.77. The molecule has 0 saturated heterocycles. The zero-order chi connectivity index (χ0) is 31.4. The predicted octanol–water partition coefficient (Wildman–Crippen LogP) is 5.74. The Morgan fingerprint density at radius 3 is 2.37 bits per heavy atom. The third-order valence-electron chi connectivity index (χ3n) is 8.88. The van der Waals surface area contributed by atoms with Crippen LogP contribution in [0.1, 0.15) is 80.1 Å². The van der Waals surface area contributed by atoms with E-state index in [1.807, 2.05) is 26.8 Å². The van der Waals surface area contributed by atoms with Gasteiger partial charge in [-0.1, -0.05) is 19.9 Å². The monoisotopic (exact) mass is 588 g/mol. The van der Waals surface area contributed by atoms with Crippen LogP contribution in [0, 0.1) is 19.3 Å². The summed E-state index contributed by atoms with van der Waals surface area (Å²) in [7, 11) is 3.17. The van der Waals surface area contributed by atoms with Crippen LogP contribution in [-0.2, 0) is 19.1 Å². The molecule has 9 nitrogen and oxygen atoms in total. The number of hydrogen-bond donors (Lipinski definition) is 1. The number of methoxy groups -OCH3 is 2. The molecule has 1 aromatic heterocycles. The summed E-state index contributed by atoms with van der Waals surface area (Å²) in [6, 6.07) is 7.16. The molecule has 228 valence electrons. The number of aromatic carboxylic acids is 1. The number of amides is 1. The van der Waals surface area contributed by atoms with E-state index in [1.54, 1.807) is 44.2 Å². The van der Waals surface area contributed by atoms with Crippen molar-refractivity contribution in [3.8, 4) is 17.0 Å². The maximum atomic E-state index is 14.5. The van der Waals surface area contributed by atoms with Gasteiger partial charge in [-0.3, -0.25) is 9.59 Å². The summed E-state index contributed by atoms with van der Waals surface area (Å²) < 4.78 is 17.8. The third-order valence-corrected chi connectivity index (χ3v) is 8.88. The number of carbonyl (C=O) groups excluding carboxylic acids is 2. The minimum atomic E-state index is -1.11. The molecule has 0 radical (unpaired) electrons. The number of Topliss-reactive ketones (excluding diaryl/α,β-unsaturated/α-hetero) is 1. The molecule has 1 aromatic carbocycles. The van der Waals surface area contributed by atoms with Gasteiger partial charge in [0.15, 0.2) is 11.5 Å². The number of pyridine rings is 1. The van der Waals surface area contributed by atoms with Gasteiger partial charge in [0.25, 0.3) is 5.91 Å². The molecule has 2 aromatic rings. The van der Waals surface area contributed by atoms with Crippen molar-refractivity contribution in [2.24, 2.45) is 5.41 Å².